The summed E-state index contributed by atoms with van der Waals surface area (Å²) in [4.78, 5) is 35.9. The van der Waals surface area contributed by atoms with Gasteiger partial charge in [-0.3, -0.25) is 14.4 Å². The summed E-state index contributed by atoms with van der Waals surface area (Å²) in [5, 5.41) is 0. The predicted molar refractivity (Wildman–Crippen MR) is 123 cm³/mol. The average Bonchev–Trinajstić information content (AvgIpc) is 3.36. The molecule has 1 saturated carbocycles. The summed E-state index contributed by atoms with van der Waals surface area (Å²) >= 11 is 0. The van der Waals surface area contributed by atoms with Crippen molar-refractivity contribution in [3.8, 4) is 0 Å². The lowest BCUT2D eigenvalue weighted by Crippen LogP contribution is -2.45. The normalized spacial score (nSPS) is 31.9. The third kappa shape index (κ3) is 6.09. The van der Waals surface area contributed by atoms with E-state index in [1.807, 2.05) is 13.8 Å². The number of hydrogen-bond acceptors (Lipinski definition) is 8. The lowest BCUT2D eigenvalue weighted by atomic mass is 9.73. The third-order valence-corrected chi connectivity index (χ3v) is 6.68. The Morgan fingerprint density at radius 3 is 2.35 bits per heavy atom. The average molecular weight is 477 g/mol. The van der Waals surface area contributed by atoms with E-state index in [4.69, 9.17) is 23.7 Å². The van der Waals surface area contributed by atoms with Gasteiger partial charge >= 0.3 is 17.9 Å². The molecule has 1 aliphatic carbocycles. The highest BCUT2D eigenvalue weighted by Gasteiger charge is 2.54. The standard InChI is InChI=1S/C26H36O8/c1-14(2)12-21(31-16(4)27)24(32-17(5)28)20-13-30-25(33-18(6)29)23-15(3)8-9-22-26(7,34-22)11-10-19(20)23/h12-13,19,21-25H,3,8-11H2,1-2,4-7H3/t19-,21+,22+,23+,24-,25-,26+/m1/s1. The van der Waals surface area contributed by atoms with E-state index in [9.17, 15) is 14.4 Å². The van der Waals surface area contributed by atoms with Crippen molar-refractivity contribution < 1.29 is 38.1 Å². The maximum absolute atomic E-state index is 12.1. The maximum Gasteiger partial charge on any atom is 0.305 e. The van der Waals surface area contributed by atoms with Crippen molar-refractivity contribution in [2.24, 2.45) is 11.8 Å². The fourth-order valence-corrected chi connectivity index (χ4v) is 5.09. The summed E-state index contributed by atoms with van der Waals surface area (Å²) in [5.74, 6) is -2.02. The van der Waals surface area contributed by atoms with Crippen molar-refractivity contribution in [1.29, 1.82) is 0 Å². The molecule has 188 valence electrons. The molecular weight excluding hydrogens is 440 g/mol. The number of rotatable bonds is 6. The molecule has 34 heavy (non-hydrogen) atoms. The SMILES string of the molecule is C=C1CC[C@@H]2O[C@@]2(C)CC[C@@H]2C([C@@H](OC(C)=O)[C@H](C=C(C)C)OC(C)=O)=CO[C@H](OC(C)=O)[C@@H]12. The Bertz CT molecular complexity index is 898. The number of carbonyl (C=O) groups is 3. The van der Waals surface area contributed by atoms with Gasteiger partial charge in [0.1, 0.15) is 0 Å². The summed E-state index contributed by atoms with van der Waals surface area (Å²) in [6.45, 7) is 14.1. The number of allylic oxidation sites excluding steroid dienone is 1. The molecule has 2 heterocycles. The fourth-order valence-electron chi connectivity index (χ4n) is 5.09. The molecule has 0 aromatic rings. The van der Waals surface area contributed by atoms with Crippen LogP contribution in [-0.4, -0.2) is 48.1 Å². The van der Waals surface area contributed by atoms with Crippen LogP contribution in [0.2, 0.25) is 0 Å². The number of hydrogen-bond donors (Lipinski definition) is 0. The van der Waals surface area contributed by atoms with E-state index >= 15 is 0 Å². The van der Waals surface area contributed by atoms with Gasteiger partial charge in [-0.25, -0.2) is 0 Å². The quantitative estimate of drug-likeness (QED) is 0.244. The number of carbonyl (C=O) groups excluding carboxylic acids is 3. The van der Waals surface area contributed by atoms with Crippen LogP contribution >= 0.6 is 0 Å². The molecule has 1 saturated heterocycles. The number of epoxide rings is 1. The van der Waals surface area contributed by atoms with Gasteiger partial charge in [0, 0.05) is 32.3 Å². The van der Waals surface area contributed by atoms with Gasteiger partial charge in [0.2, 0.25) is 6.29 Å². The Labute approximate surface area is 201 Å². The highest BCUT2D eigenvalue weighted by molar-refractivity contribution is 5.68. The van der Waals surface area contributed by atoms with Gasteiger partial charge < -0.3 is 23.7 Å². The lowest BCUT2D eigenvalue weighted by molar-refractivity contribution is -0.183. The Balaban J connectivity index is 2.06. The van der Waals surface area contributed by atoms with Crippen molar-refractivity contribution >= 4 is 17.9 Å². The Morgan fingerprint density at radius 1 is 1.09 bits per heavy atom. The molecule has 0 spiro atoms. The van der Waals surface area contributed by atoms with Crippen molar-refractivity contribution in [2.45, 2.75) is 97.4 Å². The molecule has 8 heteroatoms. The van der Waals surface area contributed by atoms with Crippen LogP contribution in [0, 0.1) is 11.8 Å². The molecule has 0 N–H and O–H groups in total. The molecule has 0 amide bonds. The van der Waals surface area contributed by atoms with Crippen molar-refractivity contribution in [3.05, 3.63) is 35.6 Å². The molecule has 3 rings (SSSR count). The summed E-state index contributed by atoms with van der Waals surface area (Å²) in [5.41, 5.74) is 2.23. The van der Waals surface area contributed by atoms with Gasteiger partial charge in [-0.15, -0.1) is 0 Å². The maximum atomic E-state index is 12.1. The minimum atomic E-state index is -0.903. The lowest BCUT2D eigenvalue weighted by Gasteiger charge is -2.41. The van der Waals surface area contributed by atoms with E-state index < -0.39 is 36.4 Å². The van der Waals surface area contributed by atoms with Gasteiger partial charge in [0.15, 0.2) is 12.2 Å². The highest BCUT2D eigenvalue weighted by atomic mass is 16.7. The second-order valence-electron chi connectivity index (χ2n) is 9.87. The van der Waals surface area contributed by atoms with Gasteiger partial charge in [-0.1, -0.05) is 17.7 Å². The number of ether oxygens (including phenoxy) is 5. The molecule has 3 aliphatic rings. The fraction of sp³-hybridized carbons (Fsp3) is 0.654. The molecule has 2 fully saturated rings. The highest BCUT2D eigenvalue weighted by Crippen LogP contribution is 2.50. The van der Waals surface area contributed by atoms with Crippen LogP contribution in [0.4, 0.5) is 0 Å². The minimum absolute atomic E-state index is 0.161. The van der Waals surface area contributed by atoms with E-state index in [2.05, 4.69) is 13.5 Å². The van der Waals surface area contributed by atoms with Crippen LogP contribution in [0.1, 0.15) is 67.2 Å². The summed E-state index contributed by atoms with van der Waals surface area (Å²) in [6.07, 6.45) is 3.79. The van der Waals surface area contributed by atoms with Crippen LogP contribution < -0.4 is 0 Å². The Hall–Kier alpha value is -2.61. The predicted octanol–water partition coefficient (Wildman–Crippen LogP) is 4.14. The van der Waals surface area contributed by atoms with Gasteiger partial charge in [-0.05, 0) is 52.5 Å². The molecule has 0 bridgehead atoms. The van der Waals surface area contributed by atoms with Crippen molar-refractivity contribution in [1.82, 2.24) is 0 Å². The number of esters is 3. The Kier molecular flexibility index (Phi) is 7.91. The van der Waals surface area contributed by atoms with Crippen molar-refractivity contribution in [3.63, 3.8) is 0 Å². The van der Waals surface area contributed by atoms with Gasteiger partial charge in [0.25, 0.3) is 0 Å². The first-order valence-corrected chi connectivity index (χ1v) is 11.8. The first-order valence-electron chi connectivity index (χ1n) is 11.8. The molecule has 0 aromatic carbocycles. The zero-order chi connectivity index (χ0) is 25.2. The second kappa shape index (κ2) is 10.3. The van der Waals surface area contributed by atoms with Gasteiger partial charge in [-0.2, -0.15) is 0 Å². The van der Waals surface area contributed by atoms with Crippen LogP contribution in [-0.2, 0) is 38.1 Å². The second-order valence-corrected chi connectivity index (χ2v) is 9.87. The van der Waals surface area contributed by atoms with Crippen LogP contribution in [0.25, 0.3) is 0 Å². The molecule has 2 aliphatic heterocycles. The van der Waals surface area contributed by atoms with E-state index in [0.717, 1.165) is 24.0 Å². The smallest absolute Gasteiger partial charge is 0.305 e. The molecule has 0 aromatic heterocycles. The zero-order valence-corrected chi connectivity index (χ0v) is 20.9. The van der Waals surface area contributed by atoms with E-state index in [0.29, 0.717) is 18.4 Å². The third-order valence-electron chi connectivity index (χ3n) is 6.68. The first-order chi connectivity index (χ1) is 15.9. The molecule has 0 radical (unpaired) electrons. The van der Waals surface area contributed by atoms with E-state index in [-0.39, 0.29) is 23.5 Å². The summed E-state index contributed by atoms with van der Waals surface area (Å²) in [7, 11) is 0. The molecule has 7 atom stereocenters. The van der Waals surface area contributed by atoms with Crippen LogP contribution in [0.15, 0.2) is 35.6 Å². The van der Waals surface area contributed by atoms with Crippen molar-refractivity contribution in [2.75, 3.05) is 0 Å². The van der Waals surface area contributed by atoms with Gasteiger partial charge in [0.05, 0.1) is 23.9 Å². The van der Waals surface area contributed by atoms with E-state index in [1.165, 1.54) is 27.0 Å². The minimum Gasteiger partial charge on any atom is -0.462 e. The molecule has 8 nitrogen and oxygen atoms in total. The molecule has 0 unspecified atom stereocenters. The summed E-state index contributed by atoms with van der Waals surface area (Å²) in [6, 6.07) is 0. The number of fused-ring (bicyclic) bond motifs is 2. The zero-order valence-electron chi connectivity index (χ0n) is 20.9. The van der Waals surface area contributed by atoms with E-state index in [1.54, 1.807) is 6.08 Å². The Morgan fingerprint density at radius 2 is 1.76 bits per heavy atom. The molecular formula is C26H36O8. The topological polar surface area (TPSA) is 101 Å². The first kappa shape index (κ1) is 26.0. The summed E-state index contributed by atoms with van der Waals surface area (Å²) < 4.78 is 28.7. The van der Waals surface area contributed by atoms with Crippen LogP contribution in [0.3, 0.4) is 0 Å². The van der Waals surface area contributed by atoms with Crippen LogP contribution in [0.5, 0.6) is 0 Å². The monoisotopic (exact) mass is 476 g/mol. The largest absolute Gasteiger partial charge is 0.462 e.